The molecule has 4 atom stereocenters. The van der Waals surface area contributed by atoms with Gasteiger partial charge < -0.3 is 10.6 Å². The van der Waals surface area contributed by atoms with E-state index in [1.165, 1.54) is 6.42 Å². The van der Waals surface area contributed by atoms with E-state index in [4.69, 9.17) is 0 Å². The third-order valence-corrected chi connectivity index (χ3v) is 4.32. The highest BCUT2D eigenvalue weighted by atomic mass is 16.2. The van der Waals surface area contributed by atoms with E-state index in [-0.39, 0.29) is 11.9 Å². The minimum Gasteiger partial charge on any atom is -0.352 e. The van der Waals surface area contributed by atoms with Crippen molar-refractivity contribution in [2.24, 2.45) is 11.8 Å². The summed E-state index contributed by atoms with van der Waals surface area (Å²) >= 11 is 0. The normalized spacial score (nSPS) is 39.6. The second-order valence-electron chi connectivity index (χ2n) is 5.62. The van der Waals surface area contributed by atoms with Crippen LogP contribution in [0, 0.1) is 11.8 Å². The summed E-state index contributed by atoms with van der Waals surface area (Å²) < 4.78 is 0. The lowest BCUT2D eigenvalue weighted by molar-refractivity contribution is -0.123. The molecular formula is C13H24N2O. The van der Waals surface area contributed by atoms with Crippen LogP contribution in [-0.2, 0) is 4.79 Å². The lowest BCUT2D eigenvalue weighted by Crippen LogP contribution is -2.47. The van der Waals surface area contributed by atoms with Crippen LogP contribution in [0.4, 0.5) is 0 Å². The van der Waals surface area contributed by atoms with E-state index in [2.05, 4.69) is 24.5 Å². The smallest absolute Gasteiger partial charge is 0.237 e. The highest BCUT2D eigenvalue weighted by Crippen LogP contribution is 2.29. The summed E-state index contributed by atoms with van der Waals surface area (Å²) in [6.45, 7) is 5.62. The van der Waals surface area contributed by atoms with Gasteiger partial charge in [-0.05, 0) is 50.5 Å². The van der Waals surface area contributed by atoms with Gasteiger partial charge in [-0.15, -0.1) is 0 Å². The number of hydrogen-bond acceptors (Lipinski definition) is 2. The summed E-state index contributed by atoms with van der Waals surface area (Å²) in [6.07, 6.45) is 5.70. The van der Waals surface area contributed by atoms with E-state index < -0.39 is 0 Å². The molecule has 92 valence electrons. The van der Waals surface area contributed by atoms with Gasteiger partial charge in [0.05, 0.1) is 6.04 Å². The molecule has 3 unspecified atom stereocenters. The maximum atomic E-state index is 11.9. The Morgan fingerprint density at radius 2 is 2.00 bits per heavy atom. The van der Waals surface area contributed by atoms with E-state index in [0.29, 0.717) is 6.04 Å². The first-order chi connectivity index (χ1) is 7.66. The Hall–Kier alpha value is -0.570. The number of carbonyl (C=O) groups excluding carboxylic acids is 1. The van der Waals surface area contributed by atoms with Gasteiger partial charge in [-0.1, -0.05) is 13.8 Å². The van der Waals surface area contributed by atoms with Gasteiger partial charge in [0.15, 0.2) is 0 Å². The van der Waals surface area contributed by atoms with Crippen molar-refractivity contribution in [3.63, 3.8) is 0 Å². The average molecular weight is 224 g/mol. The van der Waals surface area contributed by atoms with Crippen LogP contribution in [-0.4, -0.2) is 24.5 Å². The van der Waals surface area contributed by atoms with Gasteiger partial charge in [-0.2, -0.15) is 0 Å². The Bertz CT molecular complexity index is 248. The van der Waals surface area contributed by atoms with E-state index in [1.54, 1.807) is 0 Å². The highest BCUT2D eigenvalue weighted by molar-refractivity contribution is 5.82. The number of amides is 1. The molecule has 0 bridgehead atoms. The SMILES string of the molecule is CC1CCC(NC(=O)[C@H]2CCCN2)CC1C. The fraction of sp³-hybridized carbons (Fsp3) is 0.923. The topological polar surface area (TPSA) is 41.1 Å². The Labute approximate surface area is 98.4 Å². The van der Waals surface area contributed by atoms with Crippen molar-refractivity contribution in [1.29, 1.82) is 0 Å². The molecule has 2 aliphatic rings. The predicted octanol–water partition coefficient (Wildman–Crippen LogP) is 1.68. The zero-order valence-corrected chi connectivity index (χ0v) is 10.5. The van der Waals surface area contributed by atoms with Gasteiger partial charge in [0.25, 0.3) is 0 Å². The minimum absolute atomic E-state index is 0.0784. The Morgan fingerprint density at radius 3 is 2.62 bits per heavy atom. The summed E-state index contributed by atoms with van der Waals surface area (Å²) in [5.74, 6) is 1.79. The largest absolute Gasteiger partial charge is 0.352 e. The molecule has 0 aromatic rings. The Balaban J connectivity index is 1.78. The molecule has 3 heteroatoms. The van der Waals surface area contributed by atoms with E-state index in [1.807, 2.05) is 0 Å². The molecule has 16 heavy (non-hydrogen) atoms. The first-order valence-corrected chi connectivity index (χ1v) is 6.70. The lowest BCUT2D eigenvalue weighted by atomic mass is 9.79. The van der Waals surface area contributed by atoms with Gasteiger partial charge in [0.2, 0.25) is 5.91 Å². The van der Waals surface area contributed by atoms with Crippen LogP contribution in [0.5, 0.6) is 0 Å². The van der Waals surface area contributed by atoms with E-state index in [0.717, 1.165) is 44.1 Å². The van der Waals surface area contributed by atoms with Crippen LogP contribution in [0.2, 0.25) is 0 Å². The number of carbonyl (C=O) groups is 1. The van der Waals surface area contributed by atoms with Gasteiger partial charge in [-0.3, -0.25) is 4.79 Å². The van der Waals surface area contributed by atoms with E-state index >= 15 is 0 Å². The fourth-order valence-electron chi connectivity index (χ4n) is 2.89. The van der Waals surface area contributed by atoms with Gasteiger partial charge in [0, 0.05) is 6.04 Å². The molecule has 0 aromatic carbocycles. The second kappa shape index (κ2) is 5.17. The van der Waals surface area contributed by atoms with Crippen molar-refractivity contribution in [3.8, 4) is 0 Å². The van der Waals surface area contributed by atoms with Crippen molar-refractivity contribution in [2.75, 3.05) is 6.54 Å². The number of hydrogen-bond donors (Lipinski definition) is 2. The first kappa shape index (κ1) is 11.9. The van der Waals surface area contributed by atoms with Crippen LogP contribution in [0.25, 0.3) is 0 Å². The van der Waals surface area contributed by atoms with E-state index in [9.17, 15) is 4.79 Å². The molecule has 2 fully saturated rings. The molecule has 1 saturated carbocycles. The summed E-state index contributed by atoms with van der Waals surface area (Å²) in [5.41, 5.74) is 0. The first-order valence-electron chi connectivity index (χ1n) is 6.70. The second-order valence-corrected chi connectivity index (χ2v) is 5.62. The van der Waals surface area contributed by atoms with Crippen molar-refractivity contribution >= 4 is 5.91 Å². The standard InChI is InChI=1S/C13H24N2O/c1-9-5-6-11(8-10(9)2)15-13(16)12-4-3-7-14-12/h9-12,14H,3-8H2,1-2H3,(H,15,16)/t9?,10?,11?,12-/m1/s1. The minimum atomic E-state index is 0.0784. The molecule has 1 saturated heterocycles. The fourth-order valence-corrected chi connectivity index (χ4v) is 2.89. The molecule has 0 radical (unpaired) electrons. The van der Waals surface area contributed by atoms with Gasteiger partial charge >= 0.3 is 0 Å². The van der Waals surface area contributed by atoms with Gasteiger partial charge in [0.1, 0.15) is 0 Å². The van der Waals surface area contributed by atoms with Crippen LogP contribution < -0.4 is 10.6 Å². The van der Waals surface area contributed by atoms with Crippen LogP contribution >= 0.6 is 0 Å². The van der Waals surface area contributed by atoms with Crippen molar-refractivity contribution in [1.82, 2.24) is 10.6 Å². The monoisotopic (exact) mass is 224 g/mol. The number of nitrogens with one attached hydrogen (secondary N) is 2. The number of rotatable bonds is 2. The van der Waals surface area contributed by atoms with Gasteiger partial charge in [-0.25, -0.2) is 0 Å². The van der Waals surface area contributed by atoms with Crippen molar-refractivity contribution < 1.29 is 4.79 Å². The van der Waals surface area contributed by atoms with Crippen molar-refractivity contribution in [2.45, 2.75) is 58.0 Å². The molecule has 3 nitrogen and oxygen atoms in total. The summed E-state index contributed by atoms with van der Waals surface area (Å²) in [4.78, 5) is 11.9. The molecule has 1 aliphatic carbocycles. The molecule has 1 aliphatic heterocycles. The molecule has 1 amide bonds. The molecule has 2 rings (SSSR count). The lowest BCUT2D eigenvalue weighted by Gasteiger charge is -2.33. The molecule has 1 heterocycles. The maximum Gasteiger partial charge on any atom is 0.237 e. The third kappa shape index (κ3) is 2.76. The predicted molar refractivity (Wildman–Crippen MR) is 65.1 cm³/mol. The third-order valence-electron chi connectivity index (χ3n) is 4.32. The zero-order chi connectivity index (χ0) is 11.5. The van der Waals surface area contributed by atoms with Crippen LogP contribution in [0.3, 0.4) is 0 Å². The summed E-state index contributed by atoms with van der Waals surface area (Å²) in [6, 6.07) is 0.496. The summed E-state index contributed by atoms with van der Waals surface area (Å²) in [7, 11) is 0. The summed E-state index contributed by atoms with van der Waals surface area (Å²) in [5, 5.41) is 6.46. The Kier molecular flexibility index (Phi) is 3.85. The maximum absolute atomic E-state index is 11.9. The average Bonchev–Trinajstić information content (AvgIpc) is 2.77. The molecular weight excluding hydrogens is 200 g/mol. The Morgan fingerprint density at radius 1 is 1.19 bits per heavy atom. The molecule has 0 spiro atoms. The van der Waals surface area contributed by atoms with Crippen LogP contribution in [0.1, 0.15) is 46.0 Å². The highest BCUT2D eigenvalue weighted by Gasteiger charge is 2.28. The quantitative estimate of drug-likeness (QED) is 0.749. The van der Waals surface area contributed by atoms with Crippen molar-refractivity contribution in [3.05, 3.63) is 0 Å². The van der Waals surface area contributed by atoms with Crippen LogP contribution in [0.15, 0.2) is 0 Å². The zero-order valence-electron chi connectivity index (χ0n) is 10.5. The molecule has 2 N–H and O–H groups in total. The molecule has 0 aromatic heterocycles.